The van der Waals surface area contributed by atoms with E-state index in [0.717, 1.165) is 19.3 Å². The number of piperidine rings is 1. The quantitative estimate of drug-likeness (QED) is 0.799. The number of nitrogens with zero attached hydrogens (tertiary/aromatic N) is 3. The monoisotopic (exact) mass is 388 g/mol. The zero-order chi connectivity index (χ0) is 19.6. The van der Waals surface area contributed by atoms with E-state index in [-0.39, 0.29) is 21.8 Å². The lowest BCUT2D eigenvalue weighted by Crippen LogP contribution is -2.35. The van der Waals surface area contributed by atoms with Gasteiger partial charge in [-0.3, -0.25) is 0 Å². The van der Waals surface area contributed by atoms with E-state index < -0.39 is 16.0 Å². The van der Waals surface area contributed by atoms with Crippen molar-refractivity contribution >= 4 is 21.7 Å². The Balaban J connectivity index is 1.99. The first-order chi connectivity index (χ1) is 12.9. The lowest BCUT2D eigenvalue weighted by Gasteiger charge is -2.25. The fraction of sp³-hybridized carbons (Fsp3) is 0.333. The van der Waals surface area contributed by atoms with E-state index in [1.165, 1.54) is 34.3 Å². The molecule has 0 amide bonds. The maximum Gasteiger partial charge on any atom is 0.357 e. The summed E-state index contributed by atoms with van der Waals surface area (Å²) in [5, 5.41) is 9.17. The van der Waals surface area contributed by atoms with Gasteiger partial charge in [0, 0.05) is 25.0 Å². The van der Waals surface area contributed by atoms with E-state index in [4.69, 9.17) is 10.5 Å². The molecule has 1 aromatic heterocycles. The molecule has 3 rings (SSSR count). The van der Waals surface area contributed by atoms with Gasteiger partial charge in [-0.2, -0.15) is 9.57 Å². The molecule has 142 valence electrons. The normalized spacial score (nSPS) is 15.3. The zero-order valence-corrected chi connectivity index (χ0v) is 15.7. The van der Waals surface area contributed by atoms with Gasteiger partial charge in [-0.1, -0.05) is 6.42 Å². The SMILES string of the molecule is COC(=O)c1c(N)c(C#N)cn1-c1ccc(S(=O)(=O)N2CCCCC2)cc1. The topological polar surface area (TPSA) is 118 Å². The Labute approximate surface area is 157 Å². The van der Waals surface area contributed by atoms with Crippen LogP contribution in [-0.4, -0.2) is 43.5 Å². The van der Waals surface area contributed by atoms with E-state index in [2.05, 4.69) is 0 Å². The molecule has 8 nitrogen and oxygen atoms in total. The second kappa shape index (κ2) is 7.42. The van der Waals surface area contributed by atoms with Crippen molar-refractivity contribution in [2.45, 2.75) is 24.2 Å². The Hall–Kier alpha value is -2.83. The zero-order valence-electron chi connectivity index (χ0n) is 14.9. The number of ether oxygens (including phenoxy) is 1. The molecule has 2 heterocycles. The molecule has 1 aromatic carbocycles. The highest BCUT2D eigenvalue weighted by Gasteiger charge is 2.26. The molecule has 2 aromatic rings. The number of aromatic nitrogens is 1. The molecule has 0 radical (unpaired) electrons. The van der Waals surface area contributed by atoms with Crippen LogP contribution in [0.5, 0.6) is 0 Å². The first-order valence-corrected chi connectivity index (χ1v) is 9.94. The van der Waals surface area contributed by atoms with E-state index in [0.29, 0.717) is 18.8 Å². The first-order valence-electron chi connectivity index (χ1n) is 8.50. The van der Waals surface area contributed by atoms with Crippen molar-refractivity contribution in [2.75, 3.05) is 25.9 Å². The minimum Gasteiger partial charge on any atom is -0.464 e. The van der Waals surface area contributed by atoms with Gasteiger partial charge in [0.05, 0.1) is 23.3 Å². The van der Waals surface area contributed by atoms with E-state index >= 15 is 0 Å². The Morgan fingerprint density at radius 2 is 1.81 bits per heavy atom. The molecule has 0 atom stereocenters. The molecule has 0 saturated carbocycles. The predicted octanol–water partition coefficient (Wildman–Crippen LogP) is 1.89. The highest BCUT2D eigenvalue weighted by molar-refractivity contribution is 7.89. The summed E-state index contributed by atoms with van der Waals surface area (Å²) in [5.74, 6) is -0.681. The number of sulfonamides is 1. The van der Waals surface area contributed by atoms with Crippen molar-refractivity contribution < 1.29 is 17.9 Å². The molecule has 2 N–H and O–H groups in total. The molecule has 27 heavy (non-hydrogen) atoms. The Morgan fingerprint density at radius 1 is 1.19 bits per heavy atom. The molecule has 1 saturated heterocycles. The number of hydrogen-bond donors (Lipinski definition) is 1. The van der Waals surface area contributed by atoms with Crippen molar-refractivity contribution in [3.63, 3.8) is 0 Å². The summed E-state index contributed by atoms with van der Waals surface area (Å²) in [6.07, 6.45) is 4.19. The van der Waals surface area contributed by atoms with Crippen LogP contribution in [0.15, 0.2) is 35.4 Å². The fourth-order valence-electron chi connectivity index (χ4n) is 3.15. The second-order valence-corrected chi connectivity index (χ2v) is 8.18. The summed E-state index contributed by atoms with van der Waals surface area (Å²) in [6, 6.07) is 8.05. The largest absolute Gasteiger partial charge is 0.464 e. The summed E-state index contributed by atoms with van der Waals surface area (Å²) < 4.78 is 33.1. The van der Waals surface area contributed by atoms with Crippen LogP contribution in [0.1, 0.15) is 35.3 Å². The van der Waals surface area contributed by atoms with Gasteiger partial charge in [0.2, 0.25) is 10.0 Å². The van der Waals surface area contributed by atoms with E-state index in [1.54, 1.807) is 12.1 Å². The third-order valence-corrected chi connectivity index (χ3v) is 6.52. The maximum absolute atomic E-state index is 12.7. The summed E-state index contributed by atoms with van der Waals surface area (Å²) in [5.41, 5.74) is 6.57. The molecular weight excluding hydrogens is 368 g/mol. The summed E-state index contributed by atoms with van der Waals surface area (Å²) in [6.45, 7) is 1.05. The van der Waals surface area contributed by atoms with Crippen molar-refractivity contribution in [2.24, 2.45) is 0 Å². The van der Waals surface area contributed by atoms with Crippen LogP contribution >= 0.6 is 0 Å². The highest BCUT2D eigenvalue weighted by atomic mass is 32.2. The number of carbonyl (C=O) groups is 1. The lowest BCUT2D eigenvalue weighted by molar-refractivity contribution is 0.0593. The Bertz CT molecular complexity index is 997. The average molecular weight is 388 g/mol. The molecule has 1 fully saturated rings. The van der Waals surface area contributed by atoms with Gasteiger partial charge >= 0.3 is 5.97 Å². The third-order valence-electron chi connectivity index (χ3n) is 4.61. The number of methoxy groups -OCH3 is 1. The molecule has 1 aliphatic rings. The van der Waals surface area contributed by atoms with Gasteiger partial charge in [0.15, 0.2) is 5.69 Å². The highest BCUT2D eigenvalue weighted by Crippen LogP contribution is 2.26. The fourth-order valence-corrected chi connectivity index (χ4v) is 4.67. The van der Waals surface area contributed by atoms with E-state index in [9.17, 15) is 18.5 Å². The lowest BCUT2D eigenvalue weighted by atomic mass is 10.2. The van der Waals surface area contributed by atoms with Crippen LogP contribution in [-0.2, 0) is 14.8 Å². The number of nitriles is 1. The number of esters is 1. The minimum atomic E-state index is -3.54. The smallest absolute Gasteiger partial charge is 0.357 e. The van der Waals surface area contributed by atoms with Crippen molar-refractivity contribution in [1.29, 1.82) is 5.26 Å². The molecule has 0 unspecified atom stereocenters. The first kappa shape index (κ1) is 18.9. The standard InChI is InChI=1S/C18H20N4O4S/c1-26-18(23)17-16(20)13(11-19)12-22(17)14-5-7-15(8-6-14)27(24,25)21-9-3-2-4-10-21/h5-8,12H,2-4,9-10,20H2,1H3. The van der Waals surface area contributed by atoms with Gasteiger partial charge < -0.3 is 15.0 Å². The van der Waals surface area contributed by atoms with E-state index in [1.807, 2.05) is 6.07 Å². The average Bonchev–Trinajstić information content (AvgIpc) is 3.04. The van der Waals surface area contributed by atoms with Crippen molar-refractivity contribution in [3.05, 3.63) is 41.7 Å². The maximum atomic E-state index is 12.7. The third kappa shape index (κ3) is 3.41. The van der Waals surface area contributed by atoms with Gasteiger partial charge in [-0.05, 0) is 37.1 Å². The number of carbonyl (C=O) groups excluding carboxylic acids is 1. The van der Waals surface area contributed by atoms with Crippen molar-refractivity contribution in [3.8, 4) is 11.8 Å². The van der Waals surface area contributed by atoms with Crippen LogP contribution in [0, 0.1) is 11.3 Å². The van der Waals surface area contributed by atoms with Crippen LogP contribution < -0.4 is 5.73 Å². The van der Waals surface area contributed by atoms with Crippen LogP contribution in [0.4, 0.5) is 5.69 Å². The molecule has 1 aliphatic heterocycles. The van der Waals surface area contributed by atoms with Gasteiger partial charge in [-0.15, -0.1) is 0 Å². The molecule has 0 spiro atoms. The number of benzene rings is 1. The van der Waals surface area contributed by atoms with Crippen LogP contribution in [0.3, 0.4) is 0 Å². The van der Waals surface area contributed by atoms with Crippen LogP contribution in [0.25, 0.3) is 5.69 Å². The molecular formula is C18H20N4O4S. The number of rotatable bonds is 4. The second-order valence-electron chi connectivity index (χ2n) is 6.24. The van der Waals surface area contributed by atoms with Crippen LogP contribution in [0.2, 0.25) is 0 Å². The summed E-state index contributed by atoms with van der Waals surface area (Å²) in [7, 11) is -2.32. The Kier molecular flexibility index (Phi) is 5.21. The van der Waals surface area contributed by atoms with Crippen molar-refractivity contribution in [1.82, 2.24) is 8.87 Å². The minimum absolute atomic E-state index is 0.0226. The predicted molar refractivity (Wildman–Crippen MR) is 98.8 cm³/mol. The summed E-state index contributed by atoms with van der Waals surface area (Å²) in [4.78, 5) is 12.2. The molecule has 0 aliphatic carbocycles. The van der Waals surface area contributed by atoms with Gasteiger partial charge in [0.25, 0.3) is 0 Å². The van der Waals surface area contributed by atoms with Gasteiger partial charge in [0.1, 0.15) is 6.07 Å². The molecule has 9 heteroatoms. The molecule has 0 bridgehead atoms. The Morgan fingerprint density at radius 3 is 2.37 bits per heavy atom. The van der Waals surface area contributed by atoms with Gasteiger partial charge in [-0.25, -0.2) is 13.2 Å². The number of hydrogen-bond acceptors (Lipinski definition) is 6. The number of nitrogen functional groups attached to an aromatic ring is 1. The number of anilines is 1. The summed E-state index contributed by atoms with van der Waals surface area (Å²) >= 11 is 0. The number of nitrogens with two attached hydrogens (primary N) is 1.